The van der Waals surface area contributed by atoms with Gasteiger partial charge in [-0.3, -0.25) is 4.55 Å². The van der Waals surface area contributed by atoms with Crippen molar-refractivity contribution in [1.82, 2.24) is 6.15 Å². The zero-order chi connectivity index (χ0) is 14.4. The molecule has 0 aliphatic heterocycles. The van der Waals surface area contributed by atoms with Crippen molar-refractivity contribution in [2.45, 2.75) is 84.0 Å². The van der Waals surface area contributed by atoms with E-state index in [9.17, 15) is 8.42 Å². The van der Waals surface area contributed by atoms with E-state index >= 15 is 0 Å². The zero-order valence-electron chi connectivity index (χ0n) is 13.5. The Balaban J connectivity index is -0.00000162. The minimum absolute atomic E-state index is 0. The van der Waals surface area contributed by atoms with Gasteiger partial charge in [0.05, 0.1) is 6.61 Å². The van der Waals surface area contributed by atoms with E-state index in [-0.39, 0.29) is 18.2 Å². The van der Waals surface area contributed by atoms with Gasteiger partial charge in [-0.1, -0.05) is 77.6 Å². The van der Waals surface area contributed by atoms with E-state index in [4.69, 9.17) is 4.55 Å². The normalized spacial score (nSPS) is 10.8. The lowest BCUT2D eigenvalue weighted by Crippen LogP contribution is -2.04. The molecule has 0 spiro atoms. The van der Waals surface area contributed by atoms with Crippen LogP contribution < -0.4 is 6.15 Å². The van der Waals surface area contributed by atoms with Crippen LogP contribution in [0.3, 0.4) is 0 Å². The highest BCUT2D eigenvalue weighted by molar-refractivity contribution is 7.80. The van der Waals surface area contributed by atoms with Gasteiger partial charge in [0.25, 0.3) is 0 Å². The molecule has 0 aromatic carbocycles. The highest BCUT2D eigenvalue weighted by Crippen LogP contribution is 2.11. The summed E-state index contributed by atoms with van der Waals surface area (Å²) >= 11 is 0. The second kappa shape index (κ2) is 17.8. The minimum Gasteiger partial charge on any atom is -0.412 e. The molecule has 0 amide bonds. The fourth-order valence-corrected chi connectivity index (χ4v) is 2.44. The first-order valence-electron chi connectivity index (χ1n) is 7.68. The monoisotopic (exact) mass is 329 g/mol. The summed E-state index contributed by atoms with van der Waals surface area (Å²) in [7, 11) is -4.24. The zero-order valence-corrected chi connectivity index (χ0v) is 14.3. The Morgan fingerprint density at radius 3 is 1.43 bits per heavy atom. The fraction of sp³-hybridized carbons (Fsp3) is 1.00. The first-order valence-corrected chi connectivity index (χ1v) is 9.04. The standard InChI is InChI=1S/C14H30O4S.H3N.H2O/c1-2-3-4-5-6-7-8-9-10-11-12-13-14-18-19(15,16)17;;/h2-14H2,1H3,(H,15,16,17);1H3;1H2. The molecule has 0 aliphatic rings. The van der Waals surface area contributed by atoms with E-state index in [1.54, 1.807) is 0 Å². The molecular weight excluding hydrogens is 294 g/mol. The van der Waals surface area contributed by atoms with Gasteiger partial charge >= 0.3 is 10.4 Å². The largest absolute Gasteiger partial charge is 0.412 e. The van der Waals surface area contributed by atoms with Gasteiger partial charge in [-0.05, 0) is 6.42 Å². The highest BCUT2D eigenvalue weighted by Gasteiger charge is 2.02. The lowest BCUT2D eigenvalue weighted by molar-refractivity contribution is 0.261. The molecule has 21 heavy (non-hydrogen) atoms. The molecule has 6 nitrogen and oxygen atoms in total. The van der Waals surface area contributed by atoms with E-state index < -0.39 is 10.4 Å². The van der Waals surface area contributed by atoms with Crippen molar-refractivity contribution in [1.29, 1.82) is 0 Å². The summed E-state index contributed by atoms with van der Waals surface area (Å²) in [6.45, 7) is 2.33. The lowest BCUT2D eigenvalue weighted by atomic mass is 10.1. The van der Waals surface area contributed by atoms with Crippen molar-refractivity contribution in [2.24, 2.45) is 0 Å². The van der Waals surface area contributed by atoms with Gasteiger partial charge in [0.1, 0.15) is 0 Å². The summed E-state index contributed by atoms with van der Waals surface area (Å²) in [5, 5.41) is 0. The quantitative estimate of drug-likeness (QED) is 0.369. The van der Waals surface area contributed by atoms with Crippen molar-refractivity contribution in [3.05, 3.63) is 0 Å². The third kappa shape index (κ3) is 25.1. The van der Waals surface area contributed by atoms with Crippen LogP contribution in [0, 0.1) is 0 Å². The summed E-state index contributed by atoms with van der Waals surface area (Å²) in [5.74, 6) is 0. The summed E-state index contributed by atoms with van der Waals surface area (Å²) in [6.07, 6.45) is 14.7. The number of hydrogen-bond donors (Lipinski definition) is 2. The average Bonchev–Trinajstić information content (AvgIpc) is 2.34. The van der Waals surface area contributed by atoms with Crippen molar-refractivity contribution in [3.63, 3.8) is 0 Å². The fourth-order valence-electron chi connectivity index (χ4n) is 2.11. The predicted octanol–water partition coefficient (Wildman–Crippen LogP) is 3.84. The van der Waals surface area contributed by atoms with Crippen LogP contribution >= 0.6 is 0 Å². The summed E-state index contributed by atoms with van der Waals surface area (Å²) < 4.78 is 33.1. The van der Waals surface area contributed by atoms with Crippen LogP contribution in [0.25, 0.3) is 0 Å². The van der Waals surface area contributed by atoms with E-state index in [1.807, 2.05) is 0 Å². The van der Waals surface area contributed by atoms with E-state index in [0.29, 0.717) is 6.42 Å². The highest BCUT2D eigenvalue weighted by atomic mass is 32.3. The third-order valence-electron chi connectivity index (χ3n) is 3.23. The molecular formula is C14H35NO5S. The van der Waals surface area contributed by atoms with Gasteiger partial charge < -0.3 is 11.6 Å². The molecule has 0 fully saturated rings. The van der Waals surface area contributed by atoms with Crippen LogP contribution in [0.1, 0.15) is 84.0 Å². The van der Waals surface area contributed by atoms with Gasteiger partial charge in [0.2, 0.25) is 0 Å². The molecule has 0 saturated heterocycles. The minimum atomic E-state index is -4.24. The Kier molecular flexibility index (Phi) is 21.9. The first-order chi connectivity index (χ1) is 9.06. The van der Waals surface area contributed by atoms with Crippen LogP contribution in [0.2, 0.25) is 0 Å². The van der Waals surface area contributed by atoms with E-state index in [0.717, 1.165) is 12.8 Å². The maximum atomic E-state index is 10.3. The molecule has 0 saturated carbocycles. The molecule has 0 aliphatic carbocycles. The maximum absolute atomic E-state index is 10.3. The molecule has 0 radical (unpaired) electrons. The van der Waals surface area contributed by atoms with Crippen LogP contribution in [0.4, 0.5) is 0 Å². The second-order valence-corrected chi connectivity index (χ2v) is 6.23. The van der Waals surface area contributed by atoms with Gasteiger partial charge in [0.15, 0.2) is 0 Å². The number of hydrogen-bond acceptors (Lipinski definition) is 4. The Bertz CT molecular complexity index is 283. The van der Waals surface area contributed by atoms with Crippen LogP contribution in [0.5, 0.6) is 0 Å². The number of rotatable bonds is 14. The topological polar surface area (TPSA) is 130 Å². The molecule has 7 heteroatoms. The molecule has 0 aromatic rings. The van der Waals surface area contributed by atoms with Crippen molar-refractivity contribution in [3.8, 4) is 0 Å². The Morgan fingerprint density at radius 1 is 0.762 bits per heavy atom. The predicted molar refractivity (Wildman–Crippen MR) is 87.2 cm³/mol. The molecule has 132 valence electrons. The first kappa shape index (κ1) is 25.7. The lowest BCUT2D eigenvalue weighted by Gasteiger charge is -2.02. The summed E-state index contributed by atoms with van der Waals surface area (Å²) in [4.78, 5) is 0. The SMILES string of the molecule is CCCCCCCCCCCCCCOS(=O)(=O)O.N.O. The molecule has 0 heterocycles. The van der Waals surface area contributed by atoms with Gasteiger partial charge in [0, 0.05) is 0 Å². The third-order valence-corrected chi connectivity index (χ3v) is 3.69. The molecule has 0 atom stereocenters. The van der Waals surface area contributed by atoms with Gasteiger partial charge in [-0.2, -0.15) is 8.42 Å². The summed E-state index contributed by atoms with van der Waals surface area (Å²) in [6, 6.07) is 0. The van der Waals surface area contributed by atoms with Crippen LogP contribution in [-0.4, -0.2) is 25.1 Å². The Hall–Kier alpha value is -0.210. The summed E-state index contributed by atoms with van der Waals surface area (Å²) in [5.41, 5.74) is 0. The Morgan fingerprint density at radius 2 is 1.10 bits per heavy atom. The van der Waals surface area contributed by atoms with Crippen molar-refractivity contribution in [2.75, 3.05) is 6.61 Å². The second-order valence-electron chi connectivity index (χ2n) is 5.14. The number of unbranched alkanes of at least 4 members (excludes halogenated alkanes) is 11. The molecule has 0 rings (SSSR count). The molecule has 6 N–H and O–H groups in total. The van der Waals surface area contributed by atoms with Gasteiger partial charge in [-0.25, -0.2) is 4.18 Å². The van der Waals surface area contributed by atoms with Gasteiger partial charge in [-0.15, -0.1) is 0 Å². The van der Waals surface area contributed by atoms with E-state index in [2.05, 4.69) is 11.1 Å². The molecule has 0 bridgehead atoms. The van der Waals surface area contributed by atoms with Crippen molar-refractivity contribution >= 4 is 10.4 Å². The maximum Gasteiger partial charge on any atom is 0.397 e. The van der Waals surface area contributed by atoms with Crippen molar-refractivity contribution < 1.29 is 22.6 Å². The smallest absolute Gasteiger partial charge is 0.397 e. The van der Waals surface area contributed by atoms with Crippen LogP contribution in [-0.2, 0) is 14.6 Å². The molecule has 0 aromatic heterocycles. The van der Waals surface area contributed by atoms with E-state index in [1.165, 1.54) is 57.8 Å². The Labute approximate surface area is 130 Å². The van der Waals surface area contributed by atoms with Crippen LogP contribution in [0.15, 0.2) is 0 Å². The average molecular weight is 330 g/mol. The molecule has 0 unspecified atom stereocenters.